The van der Waals surface area contributed by atoms with E-state index in [0.29, 0.717) is 6.79 Å². The van der Waals surface area contributed by atoms with Crippen LogP contribution in [0.3, 0.4) is 0 Å². The molecule has 3 heteroatoms. The molecule has 0 N–H and O–H groups in total. The van der Waals surface area contributed by atoms with Gasteiger partial charge in [-0.15, -0.1) is 0 Å². The predicted octanol–water partition coefficient (Wildman–Crippen LogP) is 3.10. The Morgan fingerprint density at radius 2 is 1.86 bits per heavy atom. The highest BCUT2D eigenvalue weighted by atomic mass is 16.7. The Labute approximate surface area is 123 Å². The van der Waals surface area contributed by atoms with E-state index < -0.39 is 0 Å². The maximum atomic E-state index is 5.59. The summed E-state index contributed by atoms with van der Waals surface area (Å²) >= 11 is 0. The molecule has 0 radical (unpaired) electrons. The average molecular weight is 278 g/mol. The number of fused-ring (bicyclic) bond motifs is 3. The monoisotopic (exact) mass is 278 g/mol. The van der Waals surface area contributed by atoms with Gasteiger partial charge in [0, 0.05) is 12.5 Å². The molecular weight excluding hydrogens is 262 g/mol. The number of aryl methyl sites for hydroxylation is 2. The van der Waals surface area contributed by atoms with Gasteiger partial charge in [0.15, 0.2) is 30.4 Å². The second-order valence-electron chi connectivity index (χ2n) is 5.22. The van der Waals surface area contributed by atoms with Gasteiger partial charge in [-0.25, -0.2) is 4.57 Å². The minimum Gasteiger partial charge on any atom is -0.454 e. The van der Waals surface area contributed by atoms with Crippen LogP contribution in [0.4, 0.5) is 0 Å². The first-order valence-electron chi connectivity index (χ1n) is 7.15. The molecule has 0 saturated carbocycles. The zero-order valence-electron chi connectivity index (χ0n) is 11.7. The van der Waals surface area contributed by atoms with Crippen LogP contribution in [-0.2, 0) is 13.0 Å². The van der Waals surface area contributed by atoms with Crippen molar-refractivity contribution in [3.05, 3.63) is 66.5 Å². The molecule has 3 nitrogen and oxygen atoms in total. The van der Waals surface area contributed by atoms with Crippen molar-refractivity contribution in [2.45, 2.75) is 13.0 Å². The van der Waals surface area contributed by atoms with Crippen LogP contribution in [0.1, 0.15) is 5.56 Å². The van der Waals surface area contributed by atoms with E-state index in [2.05, 4.69) is 53.4 Å². The topological polar surface area (TPSA) is 22.3 Å². The fourth-order valence-corrected chi connectivity index (χ4v) is 2.71. The molecule has 1 aliphatic rings. The zero-order chi connectivity index (χ0) is 14.1. The van der Waals surface area contributed by atoms with Crippen LogP contribution in [-0.4, -0.2) is 6.79 Å². The minimum absolute atomic E-state index is 0.313. The van der Waals surface area contributed by atoms with Gasteiger partial charge in [0.25, 0.3) is 0 Å². The lowest BCUT2D eigenvalue weighted by molar-refractivity contribution is -0.695. The van der Waals surface area contributed by atoms with Crippen LogP contribution in [0.5, 0.6) is 11.5 Å². The van der Waals surface area contributed by atoms with Crippen molar-refractivity contribution >= 4 is 10.8 Å². The highest BCUT2D eigenvalue weighted by molar-refractivity contribution is 5.89. The smallest absolute Gasteiger partial charge is 0.231 e. The molecule has 1 aliphatic heterocycles. The number of pyridine rings is 1. The minimum atomic E-state index is 0.313. The van der Waals surface area contributed by atoms with E-state index in [1.807, 2.05) is 12.1 Å². The van der Waals surface area contributed by atoms with Crippen LogP contribution in [0.15, 0.2) is 60.9 Å². The summed E-state index contributed by atoms with van der Waals surface area (Å²) in [6.45, 7) is 1.26. The summed E-state index contributed by atoms with van der Waals surface area (Å²) in [6, 6.07) is 16.7. The Bertz CT molecular complexity index is 784. The molecule has 0 aliphatic carbocycles. The summed E-state index contributed by atoms with van der Waals surface area (Å²) in [4.78, 5) is 0. The number of aromatic nitrogens is 1. The standard InChI is InChI=1S/C18H16NO2/c1-2-4-14(5-3-1)8-10-19-11-9-15-6-7-17-18(16(15)12-19)21-13-20-17/h1-7,9,11-12H,8,10,13H2/q+1. The maximum Gasteiger partial charge on any atom is 0.231 e. The molecule has 0 saturated heterocycles. The van der Waals surface area contributed by atoms with E-state index in [-0.39, 0.29) is 0 Å². The van der Waals surface area contributed by atoms with Crippen LogP contribution < -0.4 is 14.0 Å². The number of rotatable bonds is 3. The van der Waals surface area contributed by atoms with Crippen molar-refractivity contribution in [1.82, 2.24) is 0 Å². The van der Waals surface area contributed by atoms with Crippen molar-refractivity contribution in [3.63, 3.8) is 0 Å². The normalized spacial score (nSPS) is 12.8. The first-order valence-corrected chi connectivity index (χ1v) is 7.15. The summed E-state index contributed by atoms with van der Waals surface area (Å²) in [6.07, 6.45) is 5.28. The lowest BCUT2D eigenvalue weighted by Gasteiger charge is -2.03. The number of hydrogen-bond acceptors (Lipinski definition) is 2. The van der Waals surface area contributed by atoms with Gasteiger partial charge in [-0.05, 0) is 23.1 Å². The molecule has 2 heterocycles. The number of ether oxygens (including phenoxy) is 2. The second-order valence-corrected chi connectivity index (χ2v) is 5.22. The number of benzene rings is 2. The fourth-order valence-electron chi connectivity index (χ4n) is 2.71. The summed E-state index contributed by atoms with van der Waals surface area (Å²) in [5, 5.41) is 2.29. The first-order chi connectivity index (χ1) is 10.4. The van der Waals surface area contributed by atoms with Crippen LogP contribution in [0.25, 0.3) is 10.8 Å². The molecular formula is C18H16NO2+. The third-order valence-corrected chi connectivity index (χ3v) is 3.85. The van der Waals surface area contributed by atoms with E-state index >= 15 is 0 Å². The van der Waals surface area contributed by atoms with E-state index in [1.165, 1.54) is 10.9 Å². The Hall–Kier alpha value is -2.55. The third-order valence-electron chi connectivity index (χ3n) is 3.85. The van der Waals surface area contributed by atoms with E-state index in [4.69, 9.17) is 9.47 Å². The van der Waals surface area contributed by atoms with Gasteiger partial charge in [-0.2, -0.15) is 0 Å². The largest absolute Gasteiger partial charge is 0.454 e. The van der Waals surface area contributed by atoms with Gasteiger partial charge in [0.1, 0.15) is 0 Å². The molecule has 21 heavy (non-hydrogen) atoms. The summed E-state index contributed by atoms with van der Waals surface area (Å²) in [5.74, 6) is 1.70. The molecule has 0 fully saturated rings. The molecule has 0 spiro atoms. The van der Waals surface area contributed by atoms with Gasteiger partial charge in [0.2, 0.25) is 6.79 Å². The van der Waals surface area contributed by atoms with Gasteiger partial charge in [-0.1, -0.05) is 30.3 Å². The SMILES string of the molecule is c1ccc(CC[n+]2ccc3ccc4c(c3c2)OCO4)cc1. The van der Waals surface area contributed by atoms with Crippen molar-refractivity contribution in [1.29, 1.82) is 0 Å². The Morgan fingerprint density at radius 1 is 0.952 bits per heavy atom. The van der Waals surface area contributed by atoms with Crippen molar-refractivity contribution in [3.8, 4) is 11.5 Å². The summed E-state index contributed by atoms with van der Waals surface area (Å²) in [5.41, 5.74) is 1.35. The molecule has 2 aromatic carbocycles. The van der Waals surface area contributed by atoms with Crippen LogP contribution in [0.2, 0.25) is 0 Å². The van der Waals surface area contributed by atoms with Crippen LogP contribution in [0, 0.1) is 0 Å². The molecule has 3 aromatic rings. The number of nitrogens with zero attached hydrogens (tertiary/aromatic N) is 1. The maximum absolute atomic E-state index is 5.59. The summed E-state index contributed by atoms with van der Waals surface area (Å²) in [7, 11) is 0. The van der Waals surface area contributed by atoms with Gasteiger partial charge in [-0.3, -0.25) is 0 Å². The molecule has 1 aromatic heterocycles. The molecule has 104 valence electrons. The van der Waals surface area contributed by atoms with E-state index in [9.17, 15) is 0 Å². The van der Waals surface area contributed by atoms with Gasteiger partial charge < -0.3 is 9.47 Å². The average Bonchev–Trinajstić information content (AvgIpc) is 3.03. The molecule has 0 unspecified atom stereocenters. The highest BCUT2D eigenvalue weighted by Gasteiger charge is 2.18. The van der Waals surface area contributed by atoms with Crippen molar-refractivity contribution in [2.75, 3.05) is 6.79 Å². The zero-order valence-corrected chi connectivity index (χ0v) is 11.7. The van der Waals surface area contributed by atoms with Crippen molar-refractivity contribution < 1.29 is 14.0 Å². The Kier molecular flexibility index (Phi) is 2.96. The Balaban J connectivity index is 1.64. The highest BCUT2D eigenvalue weighted by Crippen LogP contribution is 2.38. The lowest BCUT2D eigenvalue weighted by atomic mass is 10.1. The molecule has 4 rings (SSSR count). The fraction of sp³-hybridized carbons (Fsp3) is 0.167. The van der Waals surface area contributed by atoms with Crippen molar-refractivity contribution in [2.24, 2.45) is 0 Å². The van der Waals surface area contributed by atoms with E-state index in [0.717, 1.165) is 29.9 Å². The Morgan fingerprint density at radius 3 is 2.76 bits per heavy atom. The summed E-state index contributed by atoms with van der Waals surface area (Å²) < 4.78 is 13.2. The van der Waals surface area contributed by atoms with Crippen LogP contribution >= 0.6 is 0 Å². The third kappa shape index (κ3) is 2.31. The second kappa shape index (κ2) is 5.09. The first kappa shape index (κ1) is 12.2. The number of hydrogen-bond donors (Lipinski definition) is 0. The predicted molar refractivity (Wildman–Crippen MR) is 80.4 cm³/mol. The van der Waals surface area contributed by atoms with Gasteiger partial charge in [0.05, 0.1) is 5.39 Å². The molecule has 0 bridgehead atoms. The molecule has 0 atom stereocenters. The van der Waals surface area contributed by atoms with Gasteiger partial charge >= 0.3 is 0 Å². The lowest BCUT2D eigenvalue weighted by Crippen LogP contribution is -2.33. The van der Waals surface area contributed by atoms with E-state index in [1.54, 1.807) is 0 Å². The quantitative estimate of drug-likeness (QED) is 0.687. The molecule has 0 amide bonds.